The molecule has 0 bridgehead atoms. The first-order chi connectivity index (χ1) is 13.5. The molecule has 0 radical (unpaired) electrons. The second kappa shape index (κ2) is 10.7. The number of benzene rings is 1. The molecule has 7 nitrogen and oxygen atoms in total. The highest BCUT2D eigenvalue weighted by molar-refractivity contribution is 7.89. The van der Waals surface area contributed by atoms with Gasteiger partial charge in [0.2, 0.25) is 10.0 Å². The van der Waals surface area contributed by atoms with E-state index in [1.807, 2.05) is 6.92 Å². The fraction of sp³-hybridized carbons (Fsp3) is 0.500. The van der Waals surface area contributed by atoms with Gasteiger partial charge in [-0.05, 0) is 24.6 Å². The number of nitro groups is 1. The maximum absolute atomic E-state index is 13.4. The monoisotopic (exact) mass is 438 g/mol. The Morgan fingerprint density at radius 3 is 2.31 bits per heavy atom. The van der Waals surface area contributed by atoms with E-state index in [-0.39, 0.29) is 10.6 Å². The van der Waals surface area contributed by atoms with E-state index in [1.54, 1.807) is 0 Å². The van der Waals surface area contributed by atoms with Crippen LogP contribution in [0.5, 0.6) is 0 Å². The molecule has 0 unspecified atom stereocenters. The lowest BCUT2D eigenvalue weighted by molar-refractivity contribution is -0.384. The van der Waals surface area contributed by atoms with Gasteiger partial charge >= 0.3 is 0 Å². The molecular formula is C20H30N2O5SSi. The van der Waals surface area contributed by atoms with E-state index in [0.29, 0.717) is 12.8 Å². The van der Waals surface area contributed by atoms with Gasteiger partial charge in [-0.1, -0.05) is 39.6 Å². The highest BCUT2D eigenvalue weighted by Gasteiger charge is 2.36. The average molecular weight is 439 g/mol. The number of hydrogen-bond donors (Lipinski definition) is 0. The van der Waals surface area contributed by atoms with Gasteiger partial charge in [0.25, 0.3) is 5.69 Å². The molecule has 0 aromatic heterocycles. The summed E-state index contributed by atoms with van der Waals surface area (Å²) in [6, 6.07) is 4.44. The molecule has 0 saturated heterocycles. The van der Waals surface area contributed by atoms with Crippen molar-refractivity contribution >= 4 is 23.8 Å². The van der Waals surface area contributed by atoms with Crippen LogP contribution in [0.15, 0.2) is 41.8 Å². The Morgan fingerprint density at radius 2 is 1.90 bits per heavy atom. The smallest absolute Gasteiger partial charge is 0.269 e. The third-order valence-corrected chi connectivity index (χ3v) is 6.96. The van der Waals surface area contributed by atoms with Gasteiger partial charge in [0, 0.05) is 31.7 Å². The van der Waals surface area contributed by atoms with E-state index in [9.17, 15) is 18.5 Å². The summed E-state index contributed by atoms with van der Waals surface area (Å²) in [6.07, 6.45) is 2.29. The molecule has 0 amide bonds. The maximum atomic E-state index is 13.4. The van der Waals surface area contributed by atoms with Crippen LogP contribution >= 0.6 is 0 Å². The molecular weight excluding hydrogens is 408 g/mol. The molecule has 0 aliphatic heterocycles. The molecule has 160 valence electrons. The van der Waals surface area contributed by atoms with E-state index in [2.05, 4.69) is 37.7 Å². The zero-order valence-electron chi connectivity index (χ0n) is 17.7. The van der Waals surface area contributed by atoms with Gasteiger partial charge in [0.05, 0.1) is 9.82 Å². The summed E-state index contributed by atoms with van der Waals surface area (Å²) in [7, 11) is -4.17. The van der Waals surface area contributed by atoms with Gasteiger partial charge in [0.1, 0.15) is 14.3 Å². The van der Waals surface area contributed by atoms with E-state index in [0.717, 1.165) is 6.42 Å². The van der Waals surface area contributed by atoms with Crippen LogP contribution in [-0.2, 0) is 14.8 Å². The Balaban J connectivity index is 3.44. The van der Waals surface area contributed by atoms with E-state index >= 15 is 0 Å². The first-order valence-electron chi connectivity index (χ1n) is 9.41. The van der Waals surface area contributed by atoms with Gasteiger partial charge in [0.15, 0.2) is 0 Å². The Morgan fingerprint density at radius 1 is 1.31 bits per heavy atom. The Hall–Kier alpha value is -1.99. The molecule has 0 saturated carbocycles. The zero-order chi connectivity index (χ0) is 22.2. The van der Waals surface area contributed by atoms with Crippen LogP contribution in [0, 0.1) is 21.6 Å². The summed E-state index contributed by atoms with van der Waals surface area (Å²) in [4.78, 5) is 10.3. The van der Waals surface area contributed by atoms with Crippen molar-refractivity contribution in [1.82, 2.24) is 4.31 Å². The first kappa shape index (κ1) is 25.0. The maximum Gasteiger partial charge on any atom is 0.269 e. The lowest BCUT2D eigenvalue weighted by Gasteiger charge is -2.34. The predicted octanol–water partition coefficient (Wildman–Crippen LogP) is 4.18. The highest BCUT2D eigenvalue weighted by atomic mass is 32.2. The van der Waals surface area contributed by atoms with Crippen LogP contribution in [0.25, 0.3) is 0 Å². The second-order valence-corrected chi connectivity index (χ2v) is 14.2. The molecule has 0 aliphatic carbocycles. The van der Waals surface area contributed by atoms with Gasteiger partial charge in [-0.25, -0.2) is 8.42 Å². The van der Waals surface area contributed by atoms with E-state index < -0.39 is 35.3 Å². The molecule has 1 rings (SSSR count). The molecule has 0 N–H and O–H groups in total. The summed E-state index contributed by atoms with van der Waals surface area (Å²) in [6.45, 7) is 12.1. The van der Waals surface area contributed by atoms with Crippen LogP contribution in [0.4, 0.5) is 5.69 Å². The minimum absolute atomic E-state index is 0.0359. The van der Waals surface area contributed by atoms with Crippen molar-refractivity contribution < 1.29 is 18.1 Å². The molecule has 1 aromatic carbocycles. The van der Waals surface area contributed by atoms with Crippen LogP contribution in [0.2, 0.25) is 19.6 Å². The molecule has 0 fully saturated rings. The van der Waals surface area contributed by atoms with Crippen molar-refractivity contribution in [3.8, 4) is 11.5 Å². The van der Waals surface area contributed by atoms with Crippen molar-refractivity contribution in [3.05, 3.63) is 47.0 Å². The van der Waals surface area contributed by atoms with Crippen molar-refractivity contribution in [2.75, 3.05) is 7.11 Å². The standard InChI is InChI=1S/C20H30N2O5SSi/c1-7-10-17(11-9-16-29(4,5)6)21(20(8-2)27-3)28(25,26)19-14-12-18(13-15-19)22(23)24/h8,12-15,17,20H,2,7,10-11H2,1,3-6H3/t17-,20+/m1/s1. The van der Waals surface area contributed by atoms with Gasteiger partial charge in [-0.15, -0.1) is 11.5 Å². The topological polar surface area (TPSA) is 89.8 Å². The zero-order valence-corrected chi connectivity index (χ0v) is 19.5. The van der Waals surface area contributed by atoms with Gasteiger partial charge in [-0.2, -0.15) is 4.31 Å². The molecule has 0 heterocycles. The van der Waals surface area contributed by atoms with Gasteiger partial charge in [-0.3, -0.25) is 10.1 Å². The van der Waals surface area contributed by atoms with Crippen LogP contribution < -0.4 is 0 Å². The molecule has 0 aliphatic rings. The molecule has 0 spiro atoms. The Kier molecular flexibility index (Phi) is 9.23. The average Bonchev–Trinajstić information content (AvgIpc) is 2.64. The van der Waals surface area contributed by atoms with Crippen LogP contribution in [0.1, 0.15) is 26.2 Å². The van der Waals surface area contributed by atoms with Crippen molar-refractivity contribution in [2.24, 2.45) is 0 Å². The summed E-state index contributed by atoms with van der Waals surface area (Å²) in [5, 5.41) is 10.9. The number of ether oxygens (including phenoxy) is 1. The first-order valence-corrected chi connectivity index (χ1v) is 14.3. The highest BCUT2D eigenvalue weighted by Crippen LogP contribution is 2.27. The normalized spacial score (nSPS) is 14.0. The third kappa shape index (κ3) is 7.08. The number of hydrogen-bond acceptors (Lipinski definition) is 5. The Labute approximate surface area is 175 Å². The predicted molar refractivity (Wildman–Crippen MR) is 118 cm³/mol. The van der Waals surface area contributed by atoms with Crippen LogP contribution in [0.3, 0.4) is 0 Å². The van der Waals surface area contributed by atoms with Crippen molar-refractivity contribution in [3.63, 3.8) is 0 Å². The van der Waals surface area contributed by atoms with Crippen molar-refractivity contribution in [1.29, 1.82) is 0 Å². The summed E-state index contributed by atoms with van der Waals surface area (Å²) in [5.41, 5.74) is 3.10. The fourth-order valence-electron chi connectivity index (χ4n) is 2.79. The number of sulfonamides is 1. The number of methoxy groups -OCH3 is 1. The second-order valence-electron chi connectivity index (χ2n) is 7.65. The lowest BCUT2D eigenvalue weighted by Crippen LogP contribution is -2.47. The lowest BCUT2D eigenvalue weighted by atomic mass is 10.1. The third-order valence-electron chi connectivity index (χ3n) is 4.10. The number of nitro benzene ring substituents is 1. The quantitative estimate of drug-likeness (QED) is 0.136. The summed E-state index contributed by atoms with van der Waals surface area (Å²) in [5.74, 6) is 3.17. The van der Waals surface area contributed by atoms with Crippen molar-refractivity contribution in [2.45, 2.75) is 63.0 Å². The SMILES string of the molecule is C=C[C@H](OC)N([C@@H](CC#C[Si](C)(C)C)CCC)S(=O)(=O)c1ccc([N+](=O)[O-])cc1. The summed E-state index contributed by atoms with van der Waals surface area (Å²) >= 11 is 0. The minimum atomic E-state index is -4.00. The van der Waals surface area contributed by atoms with E-state index in [1.165, 1.54) is 41.8 Å². The molecule has 29 heavy (non-hydrogen) atoms. The van der Waals surface area contributed by atoms with E-state index in [4.69, 9.17) is 4.74 Å². The molecule has 2 atom stereocenters. The summed E-state index contributed by atoms with van der Waals surface area (Å²) < 4.78 is 33.5. The van der Waals surface area contributed by atoms with Gasteiger partial charge < -0.3 is 4.74 Å². The minimum Gasteiger partial charge on any atom is -0.362 e. The largest absolute Gasteiger partial charge is 0.362 e. The van der Waals surface area contributed by atoms with Crippen LogP contribution in [-0.4, -0.2) is 45.1 Å². The fourth-order valence-corrected chi connectivity index (χ4v) is 5.17. The number of non-ortho nitro benzene ring substituents is 1. The number of nitrogens with zero attached hydrogens (tertiary/aromatic N) is 2. The number of rotatable bonds is 10. The molecule has 1 aromatic rings. The Bertz CT molecular complexity index is 867. The molecule has 9 heteroatoms.